The van der Waals surface area contributed by atoms with Gasteiger partial charge in [-0.25, -0.2) is 0 Å². The second kappa shape index (κ2) is 5.91. The van der Waals surface area contributed by atoms with Crippen molar-refractivity contribution in [2.45, 2.75) is 13.0 Å². The number of benzene rings is 1. The normalized spacial score (nSPS) is 12.6. The lowest BCUT2D eigenvalue weighted by molar-refractivity contribution is -0.117. The van der Waals surface area contributed by atoms with Gasteiger partial charge in [-0.15, -0.1) is 0 Å². The molecule has 0 radical (unpaired) electrons. The largest absolute Gasteiger partial charge is 0.508 e. The summed E-state index contributed by atoms with van der Waals surface area (Å²) in [5, 5.41) is 20.6. The molecule has 5 nitrogen and oxygen atoms in total. The molecule has 1 aromatic carbocycles. The van der Waals surface area contributed by atoms with Gasteiger partial charge in [0.15, 0.2) is 0 Å². The second-order valence-electron chi connectivity index (χ2n) is 3.74. The molecule has 1 atom stereocenters. The first-order valence-electron chi connectivity index (χ1n) is 5.21. The zero-order valence-electron chi connectivity index (χ0n) is 9.55. The van der Waals surface area contributed by atoms with Crippen LogP contribution in [0.15, 0.2) is 24.3 Å². The van der Waals surface area contributed by atoms with Gasteiger partial charge >= 0.3 is 0 Å². The smallest absolute Gasteiger partial charge is 0.244 e. The van der Waals surface area contributed by atoms with Crippen molar-refractivity contribution in [2.75, 3.05) is 12.3 Å². The Hall–Kier alpha value is -2.01. The van der Waals surface area contributed by atoms with Crippen LogP contribution in [0.2, 0.25) is 0 Å². The second-order valence-corrected chi connectivity index (χ2v) is 3.74. The summed E-state index contributed by atoms with van der Waals surface area (Å²) >= 11 is 0. The fourth-order valence-corrected chi connectivity index (χ4v) is 1.21. The fourth-order valence-electron chi connectivity index (χ4n) is 1.21. The lowest BCUT2D eigenvalue weighted by Gasteiger charge is -2.07. The first kappa shape index (κ1) is 13.1. The van der Waals surface area contributed by atoms with Gasteiger partial charge in [-0.2, -0.15) is 0 Å². The van der Waals surface area contributed by atoms with Crippen LogP contribution in [0.25, 0.3) is 6.08 Å². The van der Waals surface area contributed by atoms with Gasteiger partial charge in [0, 0.05) is 23.4 Å². The first-order valence-corrected chi connectivity index (χ1v) is 5.21. The number of nitrogens with one attached hydrogen (secondary N) is 1. The van der Waals surface area contributed by atoms with Crippen LogP contribution in [0.5, 0.6) is 5.75 Å². The summed E-state index contributed by atoms with van der Waals surface area (Å²) in [7, 11) is 0. The fraction of sp³-hybridized carbons (Fsp3) is 0.250. The molecule has 5 N–H and O–H groups in total. The van der Waals surface area contributed by atoms with Gasteiger partial charge in [-0.05, 0) is 31.2 Å². The SMILES string of the molecule is CC(CO)NC(=O)C=Cc1cc(O)ccc1N. The summed E-state index contributed by atoms with van der Waals surface area (Å²) in [6.45, 7) is 1.57. The lowest BCUT2D eigenvalue weighted by Crippen LogP contribution is -2.33. The number of phenols is 1. The summed E-state index contributed by atoms with van der Waals surface area (Å²) in [6, 6.07) is 4.20. The number of amides is 1. The zero-order chi connectivity index (χ0) is 12.8. The van der Waals surface area contributed by atoms with E-state index < -0.39 is 0 Å². The number of hydrogen-bond acceptors (Lipinski definition) is 4. The molecule has 0 fully saturated rings. The van der Waals surface area contributed by atoms with Crippen molar-refractivity contribution in [3.05, 3.63) is 29.8 Å². The van der Waals surface area contributed by atoms with E-state index in [1.165, 1.54) is 24.3 Å². The molecule has 0 bridgehead atoms. The molecule has 0 spiro atoms. The maximum atomic E-state index is 11.4. The number of phenolic OH excluding ortho intramolecular Hbond substituents is 1. The number of anilines is 1. The first-order chi connectivity index (χ1) is 8.02. The Kier molecular flexibility index (Phi) is 4.54. The van der Waals surface area contributed by atoms with Crippen LogP contribution in [0.3, 0.4) is 0 Å². The molecule has 1 amide bonds. The van der Waals surface area contributed by atoms with Crippen molar-refractivity contribution < 1.29 is 15.0 Å². The predicted molar refractivity (Wildman–Crippen MR) is 66.2 cm³/mol. The van der Waals surface area contributed by atoms with Gasteiger partial charge in [-0.1, -0.05) is 0 Å². The molecule has 0 aliphatic rings. The maximum absolute atomic E-state index is 11.4. The summed E-state index contributed by atoms with van der Waals surface area (Å²) in [4.78, 5) is 11.4. The molecule has 17 heavy (non-hydrogen) atoms. The quantitative estimate of drug-likeness (QED) is 0.347. The van der Waals surface area contributed by atoms with Crippen LogP contribution in [-0.2, 0) is 4.79 Å². The third kappa shape index (κ3) is 4.16. The van der Waals surface area contributed by atoms with Gasteiger partial charge in [0.25, 0.3) is 0 Å². The molecule has 92 valence electrons. The lowest BCUT2D eigenvalue weighted by atomic mass is 10.1. The predicted octanol–water partition coefficient (Wildman–Crippen LogP) is 0.485. The van der Waals surface area contributed by atoms with Crippen LogP contribution >= 0.6 is 0 Å². The Morgan fingerprint density at radius 2 is 2.29 bits per heavy atom. The monoisotopic (exact) mass is 236 g/mol. The van der Waals surface area contributed by atoms with E-state index in [9.17, 15) is 9.90 Å². The molecule has 5 heteroatoms. The molecular formula is C12H16N2O3. The number of hydrogen-bond donors (Lipinski definition) is 4. The van der Waals surface area contributed by atoms with Gasteiger partial charge in [0.2, 0.25) is 5.91 Å². The van der Waals surface area contributed by atoms with Gasteiger partial charge < -0.3 is 21.3 Å². The van der Waals surface area contributed by atoms with Crippen molar-refractivity contribution in [1.29, 1.82) is 0 Å². The molecule has 0 aliphatic heterocycles. The van der Waals surface area contributed by atoms with Gasteiger partial charge in [0.1, 0.15) is 5.75 Å². The Morgan fingerprint density at radius 3 is 2.94 bits per heavy atom. The Bertz CT molecular complexity index is 430. The molecule has 0 heterocycles. The highest BCUT2D eigenvalue weighted by Gasteiger charge is 2.02. The molecule has 0 aliphatic carbocycles. The van der Waals surface area contributed by atoms with E-state index in [0.29, 0.717) is 11.3 Å². The summed E-state index contributed by atoms with van der Waals surface area (Å²) in [6.07, 6.45) is 2.81. The third-order valence-corrected chi connectivity index (χ3v) is 2.15. The van der Waals surface area contributed by atoms with Crippen molar-refractivity contribution in [1.82, 2.24) is 5.32 Å². The number of rotatable bonds is 4. The van der Waals surface area contributed by atoms with E-state index in [4.69, 9.17) is 10.8 Å². The van der Waals surface area contributed by atoms with E-state index in [1.807, 2.05) is 0 Å². The molecule has 1 rings (SSSR count). The number of aromatic hydroxyl groups is 1. The van der Waals surface area contributed by atoms with E-state index >= 15 is 0 Å². The summed E-state index contributed by atoms with van der Waals surface area (Å²) < 4.78 is 0. The van der Waals surface area contributed by atoms with Crippen LogP contribution in [0.4, 0.5) is 5.69 Å². The van der Waals surface area contributed by atoms with E-state index in [0.717, 1.165) is 0 Å². The van der Waals surface area contributed by atoms with E-state index in [2.05, 4.69) is 5.32 Å². The van der Waals surface area contributed by atoms with Gasteiger partial charge in [-0.3, -0.25) is 4.79 Å². The van der Waals surface area contributed by atoms with Crippen LogP contribution in [0, 0.1) is 0 Å². The van der Waals surface area contributed by atoms with Crippen molar-refractivity contribution in [3.8, 4) is 5.75 Å². The van der Waals surface area contributed by atoms with Crippen molar-refractivity contribution >= 4 is 17.7 Å². The highest BCUT2D eigenvalue weighted by molar-refractivity contribution is 5.92. The highest BCUT2D eigenvalue weighted by atomic mass is 16.3. The average Bonchev–Trinajstić information content (AvgIpc) is 2.30. The number of carbonyl (C=O) groups excluding carboxylic acids is 1. The minimum absolute atomic E-state index is 0.0861. The van der Waals surface area contributed by atoms with Crippen LogP contribution < -0.4 is 11.1 Å². The molecule has 1 unspecified atom stereocenters. The minimum atomic E-state index is -0.325. The molecule has 0 saturated carbocycles. The van der Waals surface area contributed by atoms with Crippen LogP contribution in [0.1, 0.15) is 12.5 Å². The molecule has 0 saturated heterocycles. The Labute approximate surface area is 99.6 Å². The van der Waals surface area contributed by atoms with Gasteiger partial charge in [0.05, 0.1) is 6.61 Å². The van der Waals surface area contributed by atoms with E-state index in [-0.39, 0.29) is 24.3 Å². The highest BCUT2D eigenvalue weighted by Crippen LogP contribution is 2.19. The number of aliphatic hydroxyl groups is 1. The third-order valence-electron chi connectivity index (χ3n) is 2.15. The molecule has 1 aromatic rings. The van der Waals surface area contributed by atoms with Crippen LogP contribution in [-0.4, -0.2) is 28.8 Å². The summed E-state index contributed by atoms with van der Waals surface area (Å²) in [5.74, 6) is -0.239. The number of nitrogen functional groups attached to an aromatic ring is 1. The molecular weight excluding hydrogens is 220 g/mol. The number of carbonyl (C=O) groups is 1. The molecule has 0 aromatic heterocycles. The average molecular weight is 236 g/mol. The Balaban J connectivity index is 2.70. The Morgan fingerprint density at radius 1 is 1.59 bits per heavy atom. The maximum Gasteiger partial charge on any atom is 0.244 e. The summed E-state index contributed by atoms with van der Waals surface area (Å²) in [5.41, 5.74) is 6.71. The van der Waals surface area contributed by atoms with E-state index in [1.54, 1.807) is 13.0 Å². The minimum Gasteiger partial charge on any atom is -0.508 e. The standard InChI is InChI=1S/C12H16N2O3/c1-8(7-15)14-12(17)5-2-9-6-10(16)3-4-11(9)13/h2-6,8,15-16H,7,13H2,1H3,(H,14,17). The van der Waals surface area contributed by atoms with Crippen molar-refractivity contribution in [2.24, 2.45) is 0 Å². The number of aliphatic hydroxyl groups excluding tert-OH is 1. The zero-order valence-corrected chi connectivity index (χ0v) is 9.55. The number of nitrogens with two attached hydrogens (primary N) is 1. The van der Waals surface area contributed by atoms with Crippen molar-refractivity contribution in [3.63, 3.8) is 0 Å². The topological polar surface area (TPSA) is 95.6 Å².